The SMILES string of the molecule is C=C/C=C\C(=C/C)c1ccc(N(c2ccc(-c3ccc(C4=CC5c6ccc7cc8c(cc7c6N(c6ccccc6)C5C=C4)C4CC=CC=C4O8)cc3)cc2)C(/C=C\C)CC=C)cc1. The largest absolute Gasteiger partial charge is 0.461 e. The second-order valence-electron chi connectivity index (χ2n) is 16.7. The molecule has 3 nitrogen and oxygen atoms in total. The minimum absolute atomic E-state index is 0.127. The molecule has 63 heavy (non-hydrogen) atoms. The maximum absolute atomic E-state index is 6.38. The van der Waals surface area contributed by atoms with Gasteiger partial charge in [0.05, 0.1) is 17.8 Å². The number of fused-ring (bicyclic) bond motifs is 8. The van der Waals surface area contributed by atoms with E-state index in [0.29, 0.717) is 0 Å². The fourth-order valence-electron chi connectivity index (χ4n) is 10.0. The van der Waals surface area contributed by atoms with Gasteiger partial charge in [-0.3, -0.25) is 0 Å². The third-order valence-electron chi connectivity index (χ3n) is 13.1. The topological polar surface area (TPSA) is 15.7 Å². The second kappa shape index (κ2) is 17.2. The van der Waals surface area contributed by atoms with Crippen LogP contribution >= 0.6 is 0 Å². The van der Waals surface area contributed by atoms with Crippen molar-refractivity contribution in [3.63, 3.8) is 0 Å². The summed E-state index contributed by atoms with van der Waals surface area (Å²) in [6.45, 7) is 12.1. The molecule has 4 atom stereocenters. The molecule has 4 aliphatic rings. The van der Waals surface area contributed by atoms with Crippen molar-refractivity contribution in [1.29, 1.82) is 0 Å². The van der Waals surface area contributed by atoms with Gasteiger partial charge in [0, 0.05) is 39.8 Å². The van der Waals surface area contributed by atoms with Crippen LogP contribution in [0.15, 0.2) is 225 Å². The Labute approximate surface area is 372 Å². The van der Waals surface area contributed by atoms with Crippen molar-refractivity contribution < 1.29 is 4.74 Å². The molecule has 0 spiro atoms. The van der Waals surface area contributed by atoms with Crippen molar-refractivity contribution >= 4 is 44.7 Å². The number of anilines is 4. The molecule has 6 aromatic rings. The monoisotopic (exact) mass is 816 g/mol. The van der Waals surface area contributed by atoms with E-state index < -0.39 is 0 Å². The van der Waals surface area contributed by atoms with Crippen LogP contribution in [0.5, 0.6) is 5.75 Å². The molecule has 0 bridgehead atoms. The molecule has 2 aliphatic carbocycles. The molecule has 0 fully saturated rings. The molecule has 3 heteroatoms. The van der Waals surface area contributed by atoms with E-state index in [1.165, 1.54) is 66.7 Å². The summed E-state index contributed by atoms with van der Waals surface area (Å²) < 4.78 is 6.38. The third kappa shape index (κ3) is 7.34. The lowest BCUT2D eigenvalue weighted by Crippen LogP contribution is -2.29. The Bertz CT molecular complexity index is 2920. The van der Waals surface area contributed by atoms with Crippen LogP contribution in [0.4, 0.5) is 22.7 Å². The van der Waals surface area contributed by atoms with Crippen LogP contribution < -0.4 is 14.5 Å². The third-order valence-corrected chi connectivity index (χ3v) is 13.1. The highest BCUT2D eigenvalue weighted by atomic mass is 16.5. The van der Waals surface area contributed by atoms with Crippen molar-refractivity contribution in [3.8, 4) is 16.9 Å². The number of hydrogen-bond acceptors (Lipinski definition) is 3. The number of para-hydroxylation sites is 1. The van der Waals surface area contributed by atoms with E-state index in [1.54, 1.807) is 0 Å². The second-order valence-corrected chi connectivity index (χ2v) is 16.7. The lowest BCUT2D eigenvalue weighted by Gasteiger charge is -2.32. The Morgan fingerprint density at radius 2 is 1.56 bits per heavy atom. The fraction of sp³-hybridized carbons (Fsp3) is 0.133. The number of allylic oxidation sites excluding steroid dienone is 12. The normalized spacial score (nSPS) is 19.0. The number of ether oxygens (including phenoxy) is 1. The van der Waals surface area contributed by atoms with E-state index >= 15 is 0 Å². The van der Waals surface area contributed by atoms with Gasteiger partial charge in [-0.1, -0.05) is 158 Å². The maximum Gasteiger partial charge on any atom is 0.131 e. The molecule has 0 aromatic heterocycles. The Hall–Kier alpha value is -7.36. The van der Waals surface area contributed by atoms with E-state index in [4.69, 9.17) is 4.74 Å². The van der Waals surface area contributed by atoms with Gasteiger partial charge in [0.2, 0.25) is 0 Å². The van der Waals surface area contributed by atoms with Crippen molar-refractivity contribution in [2.24, 2.45) is 0 Å². The van der Waals surface area contributed by atoms with Crippen LogP contribution in [0.1, 0.15) is 60.8 Å². The molecular weight excluding hydrogens is 765 g/mol. The molecule has 10 rings (SSSR count). The molecule has 2 heterocycles. The first-order valence-electron chi connectivity index (χ1n) is 22.3. The summed E-state index contributed by atoms with van der Waals surface area (Å²) in [5.74, 6) is 2.54. The summed E-state index contributed by atoms with van der Waals surface area (Å²) >= 11 is 0. The lowest BCUT2D eigenvalue weighted by atomic mass is 9.85. The van der Waals surface area contributed by atoms with Crippen molar-refractivity contribution in [2.45, 2.75) is 50.6 Å². The van der Waals surface area contributed by atoms with Gasteiger partial charge in [-0.25, -0.2) is 0 Å². The van der Waals surface area contributed by atoms with Crippen LogP contribution in [0.2, 0.25) is 0 Å². The summed E-state index contributed by atoms with van der Waals surface area (Å²) in [5.41, 5.74) is 14.6. The van der Waals surface area contributed by atoms with Crippen LogP contribution in [-0.2, 0) is 0 Å². The molecule has 2 aliphatic heterocycles. The quantitative estimate of drug-likeness (QED) is 0.0904. The predicted molar refractivity (Wildman–Crippen MR) is 268 cm³/mol. The lowest BCUT2D eigenvalue weighted by molar-refractivity contribution is 0.425. The maximum atomic E-state index is 6.38. The zero-order chi connectivity index (χ0) is 42.9. The van der Waals surface area contributed by atoms with Gasteiger partial charge < -0.3 is 14.5 Å². The molecule has 4 unspecified atom stereocenters. The standard InChI is InChI=1S/C60H52N2O/c1-5-9-17-41(8-4)42-26-32-50(33-27-42)61(48(15-6-2)16-7-3)51-34-28-44(29-35-51)43-22-24-45(25-23-43)46-31-37-57-55(38-46)53-36-30-47-39-59-56(52-20-13-14-21-58(52)63-59)40-54(47)60(53)62(57)49-18-11-10-12-19-49/h5-14,16-19,21-40,48,52,55,57H,1-2,15,20H2,3-4H3/b16-7-,17-9-,41-8+. The van der Waals surface area contributed by atoms with Crippen LogP contribution in [-0.4, -0.2) is 12.1 Å². The molecule has 0 amide bonds. The fourth-order valence-corrected chi connectivity index (χ4v) is 10.0. The smallest absolute Gasteiger partial charge is 0.131 e. The Balaban J connectivity index is 0.943. The van der Waals surface area contributed by atoms with Gasteiger partial charge in [0.1, 0.15) is 11.5 Å². The molecular formula is C60H52N2O. The van der Waals surface area contributed by atoms with E-state index in [2.05, 4.69) is 225 Å². The van der Waals surface area contributed by atoms with Gasteiger partial charge in [-0.2, -0.15) is 0 Å². The Kier molecular flexibility index (Phi) is 10.8. The van der Waals surface area contributed by atoms with E-state index in [-0.39, 0.29) is 23.9 Å². The first-order chi connectivity index (χ1) is 31.1. The number of benzene rings is 6. The van der Waals surface area contributed by atoms with Crippen LogP contribution in [0, 0.1) is 0 Å². The first-order valence-corrected chi connectivity index (χ1v) is 22.3. The van der Waals surface area contributed by atoms with Crippen molar-refractivity contribution in [3.05, 3.63) is 248 Å². The summed E-state index contributed by atoms with van der Waals surface area (Å²) in [6.07, 6.45) is 30.0. The number of nitrogens with zero attached hydrogens (tertiary/aromatic N) is 2. The minimum Gasteiger partial charge on any atom is -0.461 e. The molecule has 6 aromatic carbocycles. The van der Waals surface area contributed by atoms with Crippen LogP contribution in [0.25, 0.3) is 33.0 Å². The first kappa shape index (κ1) is 39.8. The van der Waals surface area contributed by atoms with Gasteiger partial charge in [0.15, 0.2) is 0 Å². The van der Waals surface area contributed by atoms with E-state index in [0.717, 1.165) is 35.7 Å². The molecule has 0 radical (unpaired) electrons. The minimum atomic E-state index is 0.127. The zero-order valence-electron chi connectivity index (χ0n) is 36.1. The van der Waals surface area contributed by atoms with Crippen LogP contribution in [0.3, 0.4) is 0 Å². The van der Waals surface area contributed by atoms with Gasteiger partial charge in [0.25, 0.3) is 0 Å². The average molecular weight is 817 g/mol. The molecule has 0 saturated heterocycles. The average Bonchev–Trinajstić information content (AvgIpc) is 3.87. The van der Waals surface area contributed by atoms with E-state index in [1.807, 2.05) is 18.2 Å². The summed E-state index contributed by atoms with van der Waals surface area (Å²) in [4.78, 5) is 4.98. The van der Waals surface area contributed by atoms with Gasteiger partial charge in [-0.05, 0) is 126 Å². The molecule has 308 valence electrons. The van der Waals surface area contributed by atoms with Crippen molar-refractivity contribution in [2.75, 3.05) is 9.80 Å². The highest BCUT2D eigenvalue weighted by Crippen LogP contribution is 2.54. The van der Waals surface area contributed by atoms with E-state index in [9.17, 15) is 0 Å². The van der Waals surface area contributed by atoms with Crippen molar-refractivity contribution in [1.82, 2.24) is 0 Å². The molecule has 0 N–H and O–H groups in total. The predicted octanol–water partition coefficient (Wildman–Crippen LogP) is 15.9. The Morgan fingerprint density at radius 3 is 2.27 bits per heavy atom. The summed E-state index contributed by atoms with van der Waals surface area (Å²) in [7, 11) is 0. The highest BCUT2D eigenvalue weighted by Gasteiger charge is 2.40. The number of hydrogen-bond donors (Lipinski definition) is 0. The Morgan fingerprint density at radius 1 is 0.825 bits per heavy atom. The summed E-state index contributed by atoms with van der Waals surface area (Å²) in [5, 5.41) is 2.50. The highest BCUT2D eigenvalue weighted by molar-refractivity contribution is 6.02. The van der Waals surface area contributed by atoms with Gasteiger partial charge >= 0.3 is 0 Å². The van der Waals surface area contributed by atoms with Gasteiger partial charge in [-0.15, -0.1) is 6.58 Å². The number of rotatable bonds is 12. The zero-order valence-corrected chi connectivity index (χ0v) is 36.1. The summed E-state index contributed by atoms with van der Waals surface area (Å²) in [6, 6.07) is 47.4. The molecule has 0 saturated carbocycles.